The highest BCUT2D eigenvalue weighted by Gasteiger charge is 2.37. The molecule has 1 aliphatic rings. The Morgan fingerprint density at radius 2 is 1.76 bits per heavy atom. The van der Waals surface area contributed by atoms with Gasteiger partial charge in [0.2, 0.25) is 5.91 Å². The van der Waals surface area contributed by atoms with Crippen molar-refractivity contribution in [3.8, 4) is 11.4 Å². The lowest BCUT2D eigenvalue weighted by atomic mass is 9.97. The fourth-order valence-electron chi connectivity index (χ4n) is 5.17. The molecule has 0 radical (unpaired) electrons. The zero-order chi connectivity index (χ0) is 29.1. The molecular formula is C31H29ClN4O5. The number of para-hydroxylation sites is 2. The van der Waals surface area contributed by atoms with Crippen LogP contribution in [0.5, 0.6) is 5.75 Å². The van der Waals surface area contributed by atoms with Gasteiger partial charge in [-0.15, -0.1) is 0 Å². The van der Waals surface area contributed by atoms with Crippen LogP contribution in [0.2, 0.25) is 5.02 Å². The summed E-state index contributed by atoms with van der Waals surface area (Å²) in [5.74, 6) is -0.0496. The van der Waals surface area contributed by atoms with Crippen LogP contribution in [0.1, 0.15) is 47.4 Å². The van der Waals surface area contributed by atoms with Crippen molar-refractivity contribution in [3.05, 3.63) is 117 Å². The van der Waals surface area contributed by atoms with E-state index < -0.39 is 16.9 Å². The summed E-state index contributed by atoms with van der Waals surface area (Å²) in [7, 11) is 1.60. The van der Waals surface area contributed by atoms with E-state index in [4.69, 9.17) is 16.3 Å². The summed E-state index contributed by atoms with van der Waals surface area (Å²) in [6.45, 7) is 2.10. The molecule has 4 aromatic rings. The monoisotopic (exact) mass is 572 g/mol. The maximum atomic E-state index is 14.3. The molecule has 0 N–H and O–H groups in total. The first-order valence-corrected chi connectivity index (χ1v) is 13.7. The van der Waals surface area contributed by atoms with E-state index in [1.165, 1.54) is 17.0 Å². The number of carbonyl (C=O) groups excluding carboxylic acids is 2. The third kappa shape index (κ3) is 5.40. The van der Waals surface area contributed by atoms with Gasteiger partial charge in [0.25, 0.3) is 11.6 Å². The van der Waals surface area contributed by atoms with Crippen LogP contribution in [0.25, 0.3) is 5.69 Å². The third-order valence-corrected chi connectivity index (χ3v) is 7.52. The average Bonchev–Trinajstić information content (AvgIpc) is 3.48. The smallest absolute Gasteiger partial charge is 0.288 e. The van der Waals surface area contributed by atoms with E-state index in [1.807, 2.05) is 73.8 Å². The van der Waals surface area contributed by atoms with Crippen molar-refractivity contribution < 1.29 is 19.2 Å². The van der Waals surface area contributed by atoms with Crippen LogP contribution in [-0.4, -0.2) is 46.4 Å². The molecule has 0 spiro atoms. The number of amides is 2. The van der Waals surface area contributed by atoms with Crippen molar-refractivity contribution in [3.63, 3.8) is 0 Å². The van der Waals surface area contributed by atoms with Crippen molar-refractivity contribution in [2.45, 2.75) is 25.8 Å². The molecule has 5 rings (SSSR count). The minimum Gasteiger partial charge on any atom is -0.497 e. The summed E-state index contributed by atoms with van der Waals surface area (Å²) in [4.78, 5) is 42.0. The Morgan fingerprint density at radius 1 is 1.02 bits per heavy atom. The van der Waals surface area contributed by atoms with Gasteiger partial charge in [0.1, 0.15) is 23.4 Å². The summed E-state index contributed by atoms with van der Waals surface area (Å²) >= 11 is 5.98. The minimum absolute atomic E-state index is 0.0574. The third-order valence-electron chi connectivity index (χ3n) is 7.20. The van der Waals surface area contributed by atoms with Gasteiger partial charge in [-0.25, -0.2) is 0 Å². The fourth-order valence-corrected chi connectivity index (χ4v) is 5.36. The first kappa shape index (κ1) is 27.9. The van der Waals surface area contributed by atoms with Crippen LogP contribution in [0, 0.1) is 10.1 Å². The van der Waals surface area contributed by atoms with Gasteiger partial charge in [0.15, 0.2) is 0 Å². The van der Waals surface area contributed by atoms with E-state index in [0.29, 0.717) is 24.4 Å². The molecule has 0 saturated heterocycles. The van der Waals surface area contributed by atoms with Crippen molar-refractivity contribution in [1.29, 1.82) is 0 Å². The Bertz CT molecular complexity index is 1600. The van der Waals surface area contributed by atoms with E-state index in [-0.39, 0.29) is 28.7 Å². The van der Waals surface area contributed by atoms with E-state index in [1.54, 1.807) is 12.0 Å². The van der Waals surface area contributed by atoms with Gasteiger partial charge in [-0.1, -0.05) is 49.2 Å². The Labute approximate surface area is 242 Å². The van der Waals surface area contributed by atoms with Crippen molar-refractivity contribution in [2.75, 3.05) is 25.1 Å². The van der Waals surface area contributed by atoms with Gasteiger partial charge < -0.3 is 14.2 Å². The molecule has 0 bridgehead atoms. The molecule has 1 aromatic heterocycles. The number of halogens is 1. The largest absolute Gasteiger partial charge is 0.497 e. The Kier molecular flexibility index (Phi) is 8.07. The molecule has 0 fully saturated rings. The van der Waals surface area contributed by atoms with Gasteiger partial charge in [0, 0.05) is 24.4 Å². The van der Waals surface area contributed by atoms with Gasteiger partial charge in [0.05, 0.1) is 29.1 Å². The van der Waals surface area contributed by atoms with Gasteiger partial charge >= 0.3 is 0 Å². The number of hydrogen-bond donors (Lipinski definition) is 0. The summed E-state index contributed by atoms with van der Waals surface area (Å²) in [5, 5.41) is 11.4. The summed E-state index contributed by atoms with van der Waals surface area (Å²) in [5.41, 5.74) is 3.10. The Morgan fingerprint density at radius 3 is 2.44 bits per heavy atom. The standard InChI is InChI=1S/C31H29ClN4O5/c1-3-4-17-33(31(38)22-13-16-24(32)28(19-22)36(39)40)20-29(37)35-26-9-6-5-8-25(26)34-18-7-10-27(34)30(35)21-11-14-23(41-2)15-12-21/h5-16,18-19,30H,3-4,17,20H2,1-2H3. The summed E-state index contributed by atoms with van der Waals surface area (Å²) in [6, 6.07) is 22.6. The zero-order valence-corrected chi connectivity index (χ0v) is 23.5. The molecule has 0 aliphatic carbocycles. The quantitative estimate of drug-likeness (QED) is 0.170. The van der Waals surface area contributed by atoms with Crippen LogP contribution < -0.4 is 9.64 Å². The van der Waals surface area contributed by atoms with Crippen LogP contribution in [-0.2, 0) is 4.79 Å². The average molecular weight is 573 g/mol. The van der Waals surface area contributed by atoms with Crippen LogP contribution >= 0.6 is 11.6 Å². The van der Waals surface area contributed by atoms with E-state index in [9.17, 15) is 19.7 Å². The number of carbonyl (C=O) groups is 2. The Balaban J connectivity index is 1.55. The highest BCUT2D eigenvalue weighted by molar-refractivity contribution is 6.32. The highest BCUT2D eigenvalue weighted by atomic mass is 35.5. The highest BCUT2D eigenvalue weighted by Crippen LogP contribution is 2.42. The molecule has 41 heavy (non-hydrogen) atoms. The number of anilines is 1. The summed E-state index contributed by atoms with van der Waals surface area (Å²) in [6.07, 6.45) is 3.43. The molecule has 2 amide bonds. The first-order chi connectivity index (χ1) is 19.8. The number of nitrogens with zero attached hydrogens (tertiary/aromatic N) is 4. The number of benzene rings is 3. The Hall–Kier alpha value is -4.63. The molecule has 9 nitrogen and oxygen atoms in total. The lowest BCUT2D eigenvalue weighted by Crippen LogP contribution is -2.47. The van der Waals surface area contributed by atoms with Crippen molar-refractivity contribution in [2.24, 2.45) is 0 Å². The number of nitro benzene ring substituents is 1. The lowest BCUT2D eigenvalue weighted by Gasteiger charge is -2.39. The molecular weight excluding hydrogens is 544 g/mol. The number of fused-ring (bicyclic) bond motifs is 3. The molecule has 1 aliphatic heterocycles. The van der Waals surface area contributed by atoms with E-state index in [0.717, 1.165) is 29.4 Å². The minimum atomic E-state index is -0.625. The second-order valence-corrected chi connectivity index (χ2v) is 10.1. The maximum absolute atomic E-state index is 14.3. The predicted molar refractivity (Wildman–Crippen MR) is 157 cm³/mol. The second kappa shape index (κ2) is 11.9. The van der Waals surface area contributed by atoms with Crippen molar-refractivity contribution in [1.82, 2.24) is 9.47 Å². The van der Waals surface area contributed by atoms with Gasteiger partial charge in [-0.3, -0.25) is 24.6 Å². The molecule has 10 heteroatoms. The molecule has 1 atom stereocenters. The number of rotatable bonds is 9. The lowest BCUT2D eigenvalue weighted by molar-refractivity contribution is -0.384. The number of methoxy groups -OCH3 is 1. The maximum Gasteiger partial charge on any atom is 0.288 e. The number of aromatic nitrogens is 1. The molecule has 1 unspecified atom stereocenters. The predicted octanol–water partition coefficient (Wildman–Crippen LogP) is 6.43. The topological polar surface area (TPSA) is 97.9 Å². The molecule has 0 saturated carbocycles. The summed E-state index contributed by atoms with van der Waals surface area (Å²) < 4.78 is 7.42. The number of nitro groups is 1. The van der Waals surface area contributed by atoms with Crippen LogP contribution in [0.15, 0.2) is 85.1 Å². The van der Waals surface area contributed by atoms with Gasteiger partial charge in [-0.05, 0) is 60.5 Å². The molecule has 2 heterocycles. The van der Waals surface area contributed by atoms with Crippen LogP contribution in [0.4, 0.5) is 11.4 Å². The van der Waals surface area contributed by atoms with E-state index in [2.05, 4.69) is 4.57 Å². The molecule has 210 valence electrons. The first-order valence-electron chi connectivity index (χ1n) is 13.3. The zero-order valence-electron chi connectivity index (χ0n) is 22.7. The fraction of sp³-hybridized carbons (Fsp3) is 0.226. The number of unbranched alkanes of at least 4 members (excludes halogenated alkanes) is 1. The number of hydrogen-bond acceptors (Lipinski definition) is 5. The SMILES string of the molecule is CCCCN(CC(=O)N1c2ccccc2-n2cccc2C1c1ccc(OC)cc1)C(=O)c1ccc(Cl)c([N+](=O)[O-])c1. The van der Waals surface area contributed by atoms with Crippen molar-refractivity contribution >= 4 is 34.8 Å². The van der Waals surface area contributed by atoms with Crippen LogP contribution in [0.3, 0.4) is 0 Å². The number of ether oxygens (including phenoxy) is 1. The van der Waals surface area contributed by atoms with E-state index >= 15 is 0 Å². The van der Waals surface area contributed by atoms with Gasteiger partial charge in [-0.2, -0.15) is 0 Å². The normalized spacial score (nSPS) is 13.7. The second-order valence-electron chi connectivity index (χ2n) is 9.73. The molecule has 3 aromatic carbocycles.